The summed E-state index contributed by atoms with van der Waals surface area (Å²) in [6.45, 7) is 8.10. The van der Waals surface area contributed by atoms with Crippen molar-refractivity contribution in [3.63, 3.8) is 0 Å². The molecule has 4 aliphatic heterocycles. The van der Waals surface area contributed by atoms with Crippen LogP contribution >= 0.6 is 0 Å². The number of carbonyl (C=O) groups is 7. The molecule has 8 aliphatic rings. The second kappa shape index (κ2) is 22.5. The number of rotatable bonds is 6. The first-order chi connectivity index (χ1) is 32.9. The normalized spacial score (nSPS) is 32.9. The maximum Gasteiger partial charge on any atom is 0.408 e. The summed E-state index contributed by atoms with van der Waals surface area (Å²) in [6, 6.07) is -2.18. The Morgan fingerprint density at radius 1 is 0.700 bits per heavy atom. The molecule has 4 heterocycles. The molecule has 0 aromatic heterocycles. The Kier molecular flexibility index (Phi) is 17.6. The van der Waals surface area contributed by atoms with Crippen LogP contribution in [0.4, 0.5) is 4.79 Å². The van der Waals surface area contributed by atoms with Crippen molar-refractivity contribution in [3.05, 3.63) is 24.3 Å². The van der Waals surface area contributed by atoms with Gasteiger partial charge in [0.15, 0.2) is 0 Å². The van der Waals surface area contributed by atoms with Gasteiger partial charge in [0.1, 0.15) is 34.8 Å². The second-order valence-electron chi connectivity index (χ2n) is 21.4. The zero-order valence-corrected chi connectivity index (χ0v) is 42.8. The molecule has 8 atom stereocenters. The summed E-state index contributed by atoms with van der Waals surface area (Å²) in [5.41, 5.74) is -3.27. The van der Waals surface area contributed by atoms with E-state index in [0.717, 1.165) is 70.6 Å². The second-order valence-corrected chi connectivity index (χ2v) is 25.2. The van der Waals surface area contributed by atoms with Crippen LogP contribution in [-0.2, 0) is 53.6 Å². The fraction of sp³-hybridized carbons (Fsp3) is 0.771. The number of primary sulfonamides is 1. The van der Waals surface area contributed by atoms with Gasteiger partial charge in [0.2, 0.25) is 43.7 Å². The lowest BCUT2D eigenvalue weighted by molar-refractivity contribution is -0.146. The largest absolute Gasteiger partial charge is 0.479 e. The fourth-order valence-electron chi connectivity index (χ4n) is 9.75. The van der Waals surface area contributed by atoms with Crippen molar-refractivity contribution in [2.45, 2.75) is 201 Å². The third-order valence-corrected chi connectivity index (χ3v) is 17.6. The van der Waals surface area contributed by atoms with E-state index in [2.05, 4.69) is 20.7 Å². The van der Waals surface area contributed by atoms with Crippen molar-refractivity contribution in [2.24, 2.45) is 22.9 Å². The number of sulfonamides is 2. The number of carbonyl (C=O) groups excluding carboxylic acids is 6. The number of aliphatic carboxylic acids is 1. The van der Waals surface area contributed by atoms with Crippen molar-refractivity contribution < 1.29 is 60.2 Å². The number of nitrogens with two attached hydrogens (primary N) is 1. The summed E-state index contributed by atoms with van der Waals surface area (Å²) >= 11 is 0. The smallest absolute Gasteiger partial charge is 0.408 e. The van der Waals surface area contributed by atoms with E-state index in [1.807, 2.05) is 31.2 Å². The number of hydrogen-bond acceptors (Lipinski definition) is 12. The standard InChI is InChI=1S/C26H40N4O7S.C19H28N2O4.C3H7NO2S/c1-25(2,3)37-24(34)27-19-11-8-6-4-5-7-10-17-16-26(17,23(33)29-38(35,36)18-13-14-18)28-21(31)20-12-9-15-30(20)22(19)32;1-13-8-5-3-2-4-6-9-14-12-19(14,18(24)25)20-16(22)15-10-7-11-21(15)17(13)23;4-7(5,6)3-1-2-3/h7,10,17-20H,4-6,8-9,11-16H2,1-3H3,(H,27,34)(H,28,31)(H,29,33);6,9,13-15H,2-5,7-8,10-12H2,1H3,(H,20,22)(H,24,25);3H,1-2H2,(H2,4,5,6)/b10-7-;9-6-;/t17-,19+,20+,26-;13-,14+,15-,19+;/m10./s1. The Hall–Kier alpha value is -4.57. The first-order valence-electron chi connectivity index (χ1n) is 25.3. The molecule has 6 fully saturated rings. The lowest BCUT2D eigenvalue weighted by Gasteiger charge is -2.30. The van der Waals surface area contributed by atoms with E-state index >= 15 is 0 Å². The van der Waals surface area contributed by atoms with Gasteiger partial charge in [-0.3, -0.25) is 28.7 Å². The molecule has 0 radical (unpaired) electrons. The van der Waals surface area contributed by atoms with Crippen LogP contribution in [0.5, 0.6) is 0 Å². The van der Waals surface area contributed by atoms with Crippen LogP contribution in [0.3, 0.4) is 0 Å². The van der Waals surface area contributed by atoms with Crippen molar-refractivity contribution >= 4 is 61.6 Å². The molecular weight excluding hydrogens is 947 g/mol. The molecule has 0 aromatic carbocycles. The number of nitrogens with one attached hydrogen (secondary N) is 4. The Morgan fingerprint density at radius 3 is 1.70 bits per heavy atom. The minimum atomic E-state index is -3.78. The average molecular weight is 1020 g/mol. The Bertz CT molecular complexity index is 2280. The molecule has 0 spiro atoms. The highest BCUT2D eigenvalue weighted by molar-refractivity contribution is 7.91. The number of alkyl carbamates (subject to hydrolysis) is 1. The average Bonchev–Trinajstić information content (AvgIpc) is 4.13. The summed E-state index contributed by atoms with van der Waals surface area (Å²) in [4.78, 5) is 93.1. The highest BCUT2D eigenvalue weighted by Crippen LogP contribution is 2.47. The number of amides is 6. The van der Waals surface area contributed by atoms with Gasteiger partial charge in [0.25, 0.3) is 5.91 Å². The van der Waals surface area contributed by atoms with Crippen molar-refractivity contribution in [1.82, 2.24) is 30.5 Å². The lowest BCUT2D eigenvalue weighted by Crippen LogP contribution is -2.58. The Morgan fingerprint density at radius 2 is 1.20 bits per heavy atom. The van der Waals surface area contributed by atoms with Gasteiger partial charge in [-0.1, -0.05) is 56.9 Å². The van der Waals surface area contributed by atoms with E-state index in [0.29, 0.717) is 70.9 Å². The summed E-state index contributed by atoms with van der Waals surface area (Å²) in [5.74, 6) is -3.40. The highest BCUT2D eigenvalue weighted by atomic mass is 32.2. The highest BCUT2D eigenvalue weighted by Gasteiger charge is 2.63. The first kappa shape index (κ1) is 54.8. The van der Waals surface area contributed by atoms with E-state index in [4.69, 9.17) is 9.88 Å². The number of fused-ring (bicyclic) bond motifs is 4. The summed E-state index contributed by atoms with van der Waals surface area (Å²) < 4.78 is 52.8. The van der Waals surface area contributed by atoms with Crippen LogP contribution in [0.25, 0.3) is 0 Å². The number of carboxylic acids is 1. The predicted octanol–water partition coefficient (Wildman–Crippen LogP) is 3.40. The van der Waals surface area contributed by atoms with Gasteiger partial charge in [-0.15, -0.1) is 0 Å². The number of carboxylic acid groups (broad SMARTS) is 1. The molecule has 2 saturated heterocycles. The van der Waals surface area contributed by atoms with Gasteiger partial charge in [-0.25, -0.2) is 31.6 Å². The zero-order valence-electron chi connectivity index (χ0n) is 41.1. The van der Waals surface area contributed by atoms with E-state index < -0.39 is 84.0 Å². The molecule has 4 saturated carbocycles. The van der Waals surface area contributed by atoms with Crippen LogP contribution in [0, 0.1) is 17.8 Å². The van der Waals surface area contributed by atoms with E-state index in [9.17, 15) is 55.5 Å². The maximum absolute atomic E-state index is 13.6. The lowest BCUT2D eigenvalue weighted by atomic mass is 10.0. The van der Waals surface area contributed by atoms with Crippen molar-refractivity contribution in [1.29, 1.82) is 0 Å². The number of ether oxygens (including phenoxy) is 1. The topological polar surface area (TPSA) is 298 Å². The van der Waals surface area contributed by atoms with E-state index in [-0.39, 0.29) is 40.7 Å². The molecule has 20 nitrogen and oxygen atoms in total. The summed E-state index contributed by atoms with van der Waals surface area (Å²) in [7, 11) is -6.91. The van der Waals surface area contributed by atoms with Gasteiger partial charge in [-0.2, -0.15) is 0 Å². The fourth-order valence-corrected chi connectivity index (χ4v) is 11.9. The Labute approximate surface area is 412 Å². The predicted molar refractivity (Wildman–Crippen MR) is 258 cm³/mol. The molecule has 4 aliphatic carbocycles. The molecule has 0 bridgehead atoms. The quantitative estimate of drug-likeness (QED) is 0.208. The molecule has 6 amide bonds. The minimum absolute atomic E-state index is 0.0300. The molecular formula is C48H75N7O13S2. The Balaban J connectivity index is 0.000000213. The van der Waals surface area contributed by atoms with Crippen LogP contribution < -0.4 is 25.8 Å². The van der Waals surface area contributed by atoms with Gasteiger partial charge in [-0.05, 0) is 124 Å². The molecule has 70 heavy (non-hydrogen) atoms. The molecule has 0 aromatic rings. The van der Waals surface area contributed by atoms with Crippen LogP contribution in [-0.4, -0.2) is 132 Å². The zero-order chi connectivity index (χ0) is 51.2. The monoisotopic (exact) mass is 1020 g/mol. The van der Waals surface area contributed by atoms with Crippen molar-refractivity contribution in [2.75, 3.05) is 13.1 Å². The first-order valence-corrected chi connectivity index (χ1v) is 28.4. The van der Waals surface area contributed by atoms with Gasteiger partial charge in [0, 0.05) is 30.8 Å². The van der Waals surface area contributed by atoms with Crippen LogP contribution in [0.15, 0.2) is 24.3 Å². The molecule has 8 rings (SSSR count). The van der Waals surface area contributed by atoms with E-state index in [1.165, 1.54) is 4.90 Å². The molecule has 22 heteroatoms. The SMILES string of the molecule is CC(C)(C)OC(=O)N[C@H]1CCCCC/C=C\[C@@H]2C[C@@]2(C(=O)NS(=O)(=O)C2CC2)NC(=O)[C@@H]2CCCN2C1=O.C[C@H]1CCCCC/C=C\[C@@H]2C[C@@]2(C(=O)O)NC(=O)[C@@H]2CCCN2C1=O.NS(=O)(=O)C1CC1. The van der Waals surface area contributed by atoms with E-state index in [1.54, 1.807) is 25.7 Å². The third kappa shape index (κ3) is 14.3. The third-order valence-electron chi connectivity index (χ3n) is 14.4. The number of nitrogens with zero attached hydrogens (tertiary/aromatic N) is 2. The summed E-state index contributed by atoms with van der Waals surface area (Å²) in [5, 5.41) is 21.8. The van der Waals surface area contributed by atoms with Crippen LogP contribution in [0.2, 0.25) is 0 Å². The minimum Gasteiger partial charge on any atom is -0.479 e. The molecule has 0 unspecified atom stereocenters. The summed E-state index contributed by atoms with van der Waals surface area (Å²) in [6.07, 6.45) is 21.3. The van der Waals surface area contributed by atoms with Gasteiger partial charge < -0.3 is 35.6 Å². The van der Waals surface area contributed by atoms with Crippen LogP contribution in [0.1, 0.15) is 156 Å². The molecule has 7 N–H and O–H groups in total. The van der Waals surface area contributed by atoms with Gasteiger partial charge in [0.05, 0.1) is 10.5 Å². The molecule has 392 valence electrons. The van der Waals surface area contributed by atoms with Gasteiger partial charge >= 0.3 is 12.1 Å². The number of hydrogen-bond donors (Lipinski definition) is 6. The van der Waals surface area contributed by atoms with Crippen molar-refractivity contribution in [3.8, 4) is 0 Å². The number of allylic oxidation sites excluding steroid dienone is 2. The maximum atomic E-state index is 13.6.